The third-order valence-corrected chi connectivity index (χ3v) is 8.38. The van der Waals surface area contributed by atoms with Gasteiger partial charge >= 0.3 is 0 Å². The molecule has 1 unspecified atom stereocenters. The summed E-state index contributed by atoms with van der Waals surface area (Å²) >= 11 is 3.55. The van der Waals surface area contributed by atoms with Crippen LogP contribution in [-0.2, 0) is 32.0 Å². The molecule has 1 atom stereocenters. The van der Waals surface area contributed by atoms with Crippen LogP contribution in [0.1, 0.15) is 31.5 Å². The van der Waals surface area contributed by atoms with Crippen molar-refractivity contribution in [2.24, 2.45) is 5.92 Å². The molecule has 3 heterocycles. The predicted molar refractivity (Wildman–Crippen MR) is 162 cm³/mol. The first-order valence-electron chi connectivity index (χ1n) is 13.1. The first-order chi connectivity index (χ1) is 20.2. The Morgan fingerprint density at radius 2 is 2.02 bits per heavy atom. The number of pyridine rings is 1. The van der Waals surface area contributed by atoms with Gasteiger partial charge < -0.3 is 19.5 Å². The number of hydrogen-bond donors (Lipinski definition) is 1. The number of nitrogens with one attached hydrogen (secondary N) is 1. The lowest BCUT2D eigenvalue weighted by atomic mass is 9.96. The van der Waals surface area contributed by atoms with Crippen LogP contribution in [-0.4, -0.2) is 41.4 Å². The molecule has 0 amide bonds. The molecule has 1 aliphatic heterocycles. The topological polar surface area (TPSA) is 113 Å². The van der Waals surface area contributed by atoms with E-state index in [1.807, 2.05) is 44.2 Å². The highest BCUT2D eigenvalue weighted by atomic mass is 79.9. The molecule has 5 rings (SSSR count). The van der Waals surface area contributed by atoms with Gasteiger partial charge in [-0.1, -0.05) is 26.0 Å². The number of fused-ring (bicyclic) bond motifs is 1. The first kappa shape index (κ1) is 29.6. The molecular formula is C30H28BrFN4O5S. The zero-order valence-corrected chi connectivity index (χ0v) is 25.3. The fraction of sp³-hybridized carbons (Fsp3) is 0.267. The summed E-state index contributed by atoms with van der Waals surface area (Å²) in [6.07, 6.45) is 7.09. The number of ether oxygens (including phenoxy) is 3. The maximum Gasteiger partial charge on any atom is 0.215 e. The van der Waals surface area contributed by atoms with Crippen molar-refractivity contribution in [1.82, 2.24) is 15.0 Å². The molecule has 0 bridgehead atoms. The van der Waals surface area contributed by atoms with Gasteiger partial charge in [0.1, 0.15) is 30.3 Å². The third kappa shape index (κ3) is 6.77. The quantitative estimate of drug-likeness (QED) is 0.192. The first-order valence-corrected chi connectivity index (χ1v) is 15.0. The molecule has 12 heteroatoms. The van der Waals surface area contributed by atoms with Gasteiger partial charge in [0.15, 0.2) is 5.60 Å². The average Bonchev–Trinajstić information content (AvgIpc) is 3.44. The summed E-state index contributed by atoms with van der Waals surface area (Å²) in [4.78, 5) is 13.7. The Morgan fingerprint density at radius 3 is 2.74 bits per heavy atom. The normalized spacial score (nSPS) is 16.0. The Morgan fingerprint density at radius 1 is 1.17 bits per heavy atom. The average molecular weight is 656 g/mol. The molecule has 4 aromatic rings. The van der Waals surface area contributed by atoms with Gasteiger partial charge in [0.05, 0.1) is 46.2 Å². The van der Waals surface area contributed by atoms with Crippen LogP contribution < -0.4 is 10.1 Å². The van der Waals surface area contributed by atoms with Crippen LogP contribution in [0.3, 0.4) is 0 Å². The van der Waals surface area contributed by atoms with E-state index in [0.717, 1.165) is 16.6 Å². The minimum absolute atomic E-state index is 0.0286. The standard InChI is InChI=1S/C30H28BrFN4O5S/c1-19(2)27(42(37)38)16-39-17-30(9-4-10-41-30)28-13-23-25(14-33-28)34-18-35-29(23)36-22-7-8-26(24(31)12-22)40-15-20-5-3-6-21(32)11-20/h3-8,10-14,18-19H,9,15-17H2,1-2H3,(H,34,35,36). The van der Waals surface area contributed by atoms with Crippen LogP contribution in [0.2, 0.25) is 0 Å². The lowest BCUT2D eigenvalue weighted by Crippen LogP contribution is -2.33. The van der Waals surface area contributed by atoms with E-state index in [1.54, 1.807) is 24.6 Å². The van der Waals surface area contributed by atoms with Crippen molar-refractivity contribution in [2.75, 3.05) is 18.5 Å². The van der Waals surface area contributed by atoms with Crippen LogP contribution in [0.5, 0.6) is 5.75 Å². The Hall–Kier alpha value is -3.87. The summed E-state index contributed by atoms with van der Waals surface area (Å²) in [6, 6.07) is 13.7. The summed E-state index contributed by atoms with van der Waals surface area (Å²) < 4.78 is 55.1. The molecule has 0 radical (unpaired) electrons. The number of hydrogen-bond acceptors (Lipinski definition) is 9. The van der Waals surface area contributed by atoms with Crippen molar-refractivity contribution in [3.05, 3.63) is 94.9 Å². The van der Waals surface area contributed by atoms with Crippen molar-refractivity contribution in [1.29, 1.82) is 0 Å². The molecule has 2 aromatic heterocycles. The largest absolute Gasteiger partial charge is 0.488 e. The zero-order chi connectivity index (χ0) is 29.7. The molecule has 0 saturated heterocycles. The van der Waals surface area contributed by atoms with Crippen LogP contribution in [0.15, 0.2) is 77.9 Å². The number of nitrogens with zero attached hydrogens (tertiary/aromatic N) is 3. The Kier molecular flexibility index (Phi) is 9.15. The molecule has 1 N–H and O–H groups in total. The minimum Gasteiger partial charge on any atom is -0.488 e. The number of anilines is 2. The molecular weight excluding hydrogens is 627 g/mol. The van der Waals surface area contributed by atoms with Gasteiger partial charge in [-0.25, -0.2) is 14.4 Å². The Labute approximate surface area is 252 Å². The second-order valence-electron chi connectivity index (χ2n) is 10.0. The third-order valence-electron chi connectivity index (χ3n) is 6.74. The van der Waals surface area contributed by atoms with Gasteiger partial charge in [-0.05, 0) is 69.9 Å². The van der Waals surface area contributed by atoms with E-state index in [4.69, 9.17) is 14.2 Å². The van der Waals surface area contributed by atoms with Crippen molar-refractivity contribution in [3.63, 3.8) is 0 Å². The Bertz CT molecular complexity index is 1770. The molecule has 9 nitrogen and oxygen atoms in total. The zero-order valence-electron chi connectivity index (χ0n) is 22.9. The van der Waals surface area contributed by atoms with Crippen LogP contribution in [0, 0.1) is 11.7 Å². The van der Waals surface area contributed by atoms with E-state index >= 15 is 0 Å². The van der Waals surface area contributed by atoms with Gasteiger partial charge in [0.25, 0.3) is 0 Å². The summed E-state index contributed by atoms with van der Waals surface area (Å²) in [7, 11) is -2.33. The highest BCUT2D eigenvalue weighted by Gasteiger charge is 2.38. The van der Waals surface area contributed by atoms with Crippen molar-refractivity contribution in [3.8, 4) is 5.75 Å². The Balaban J connectivity index is 1.36. The highest BCUT2D eigenvalue weighted by Crippen LogP contribution is 2.37. The van der Waals surface area contributed by atoms with Gasteiger partial charge in [0.2, 0.25) is 10.3 Å². The molecule has 218 valence electrons. The molecule has 0 aliphatic carbocycles. The maximum atomic E-state index is 13.5. The van der Waals surface area contributed by atoms with E-state index in [-0.39, 0.29) is 31.6 Å². The SMILES string of the molecule is CC(C)C(COCC1(c2cc3c(Nc4ccc(OCc5cccc(F)c5)c(Br)c4)ncnc3cn2)CC=CO1)=S(=O)=O. The van der Waals surface area contributed by atoms with E-state index in [0.29, 0.717) is 38.5 Å². The molecule has 0 fully saturated rings. The number of aromatic nitrogens is 3. The number of halogens is 2. The lowest BCUT2D eigenvalue weighted by Gasteiger charge is -2.28. The lowest BCUT2D eigenvalue weighted by molar-refractivity contribution is -0.0393. The van der Waals surface area contributed by atoms with E-state index in [9.17, 15) is 12.8 Å². The second kappa shape index (κ2) is 13.0. The van der Waals surface area contributed by atoms with Gasteiger partial charge in [0, 0.05) is 17.5 Å². The summed E-state index contributed by atoms with van der Waals surface area (Å²) in [5.41, 5.74) is 1.79. The van der Waals surface area contributed by atoms with Gasteiger partial charge in [-0.2, -0.15) is 8.42 Å². The molecule has 2 aromatic carbocycles. The van der Waals surface area contributed by atoms with Gasteiger partial charge in [-0.3, -0.25) is 4.98 Å². The van der Waals surface area contributed by atoms with Crippen LogP contribution in [0.4, 0.5) is 15.9 Å². The summed E-state index contributed by atoms with van der Waals surface area (Å²) in [6.45, 7) is 3.92. The van der Waals surface area contributed by atoms with Crippen LogP contribution in [0.25, 0.3) is 10.9 Å². The van der Waals surface area contributed by atoms with Crippen LogP contribution >= 0.6 is 15.9 Å². The van der Waals surface area contributed by atoms with Gasteiger partial charge in [-0.15, -0.1) is 0 Å². The van der Waals surface area contributed by atoms with Crippen molar-refractivity contribution < 1.29 is 27.0 Å². The predicted octanol–water partition coefficient (Wildman–Crippen LogP) is 6.10. The summed E-state index contributed by atoms with van der Waals surface area (Å²) in [5, 5.41) is 4.05. The molecule has 0 saturated carbocycles. The fourth-order valence-corrected chi connectivity index (χ4v) is 5.51. The van der Waals surface area contributed by atoms with Crippen molar-refractivity contribution in [2.45, 2.75) is 32.5 Å². The smallest absolute Gasteiger partial charge is 0.215 e. The van der Waals surface area contributed by atoms with E-state index in [1.165, 1.54) is 18.5 Å². The fourth-order valence-electron chi connectivity index (χ4n) is 4.45. The summed E-state index contributed by atoms with van der Waals surface area (Å²) in [5.74, 6) is 0.689. The van der Waals surface area contributed by atoms with E-state index in [2.05, 4.69) is 36.2 Å². The second-order valence-corrected chi connectivity index (χ2v) is 11.9. The monoisotopic (exact) mass is 654 g/mol. The minimum atomic E-state index is -2.33. The van der Waals surface area contributed by atoms with Crippen molar-refractivity contribution >= 4 is 53.5 Å². The maximum absolute atomic E-state index is 13.5. The molecule has 0 spiro atoms. The molecule has 1 aliphatic rings. The molecule has 42 heavy (non-hydrogen) atoms. The number of rotatable bonds is 11. The number of benzene rings is 2. The highest BCUT2D eigenvalue weighted by molar-refractivity contribution is 9.10. The van der Waals surface area contributed by atoms with E-state index < -0.39 is 15.9 Å².